The van der Waals surface area contributed by atoms with E-state index in [1.807, 2.05) is 36.3 Å². The number of aromatic nitrogens is 2. The van der Waals surface area contributed by atoms with Gasteiger partial charge in [0.2, 0.25) is 5.88 Å². The molecule has 3 heterocycles. The number of rotatable bonds is 3. The summed E-state index contributed by atoms with van der Waals surface area (Å²) in [6.07, 6.45) is 3.10. The highest BCUT2D eigenvalue weighted by Crippen LogP contribution is 2.24. The minimum atomic E-state index is 0.0751. The molecule has 0 saturated carbocycles. The van der Waals surface area contributed by atoms with Crippen molar-refractivity contribution in [3.8, 4) is 5.88 Å². The number of thiophene rings is 1. The molecule has 0 fully saturated rings. The molecule has 0 spiro atoms. The highest BCUT2D eigenvalue weighted by Gasteiger charge is 2.23. The van der Waals surface area contributed by atoms with Gasteiger partial charge in [0, 0.05) is 25.1 Å². The van der Waals surface area contributed by atoms with Gasteiger partial charge in [-0.1, -0.05) is 6.07 Å². The van der Waals surface area contributed by atoms with E-state index in [9.17, 15) is 4.79 Å². The second-order valence-electron chi connectivity index (χ2n) is 5.54. The van der Waals surface area contributed by atoms with Gasteiger partial charge in [-0.15, -0.1) is 11.3 Å². The molecule has 0 aromatic carbocycles. The van der Waals surface area contributed by atoms with Crippen molar-refractivity contribution in [3.05, 3.63) is 40.0 Å². The number of hydrogen-bond acceptors (Lipinski definition) is 5. The summed E-state index contributed by atoms with van der Waals surface area (Å²) in [4.78, 5) is 23.8. The molecule has 6 heteroatoms. The molecule has 22 heavy (non-hydrogen) atoms. The summed E-state index contributed by atoms with van der Waals surface area (Å²) in [5.74, 6) is 0.757. The molecule has 2 aromatic heterocycles. The van der Waals surface area contributed by atoms with Crippen LogP contribution in [-0.2, 0) is 12.8 Å². The molecule has 5 nitrogen and oxygen atoms in total. The second kappa shape index (κ2) is 6.44. The van der Waals surface area contributed by atoms with Crippen LogP contribution in [0.1, 0.15) is 34.8 Å². The average molecular weight is 317 g/mol. The Kier molecular flexibility index (Phi) is 4.38. The van der Waals surface area contributed by atoms with Crippen molar-refractivity contribution in [1.82, 2.24) is 14.9 Å². The van der Waals surface area contributed by atoms with Gasteiger partial charge in [0.15, 0.2) is 0 Å². The number of fused-ring (bicyclic) bond motifs is 1. The summed E-state index contributed by atoms with van der Waals surface area (Å²) >= 11 is 1.48. The van der Waals surface area contributed by atoms with Gasteiger partial charge in [-0.25, -0.2) is 9.97 Å². The van der Waals surface area contributed by atoms with Crippen LogP contribution in [0.4, 0.5) is 0 Å². The molecule has 0 radical (unpaired) electrons. The van der Waals surface area contributed by atoms with Crippen molar-refractivity contribution in [2.75, 3.05) is 13.1 Å². The Morgan fingerprint density at radius 1 is 1.32 bits per heavy atom. The Labute approximate surface area is 134 Å². The van der Waals surface area contributed by atoms with Crippen LogP contribution >= 0.6 is 11.3 Å². The SMILES string of the molecule is CC(C)Oc1ncnc2c1CCN(C(=O)c1cccs1)CC2. The van der Waals surface area contributed by atoms with Gasteiger partial charge >= 0.3 is 0 Å². The first-order chi connectivity index (χ1) is 10.6. The van der Waals surface area contributed by atoms with E-state index in [1.165, 1.54) is 11.3 Å². The fourth-order valence-electron chi connectivity index (χ4n) is 2.58. The van der Waals surface area contributed by atoms with E-state index < -0.39 is 0 Å². The lowest BCUT2D eigenvalue weighted by Gasteiger charge is -2.19. The Hall–Kier alpha value is -1.95. The number of carbonyl (C=O) groups is 1. The Morgan fingerprint density at radius 3 is 2.86 bits per heavy atom. The molecule has 116 valence electrons. The Balaban J connectivity index is 1.79. The third-order valence-electron chi connectivity index (χ3n) is 3.61. The average Bonchev–Trinajstić information content (AvgIpc) is 2.93. The van der Waals surface area contributed by atoms with Crippen molar-refractivity contribution in [2.24, 2.45) is 0 Å². The van der Waals surface area contributed by atoms with Crippen molar-refractivity contribution in [3.63, 3.8) is 0 Å². The molecule has 0 saturated heterocycles. The van der Waals surface area contributed by atoms with Crippen LogP contribution in [0.3, 0.4) is 0 Å². The van der Waals surface area contributed by atoms with Crippen LogP contribution in [0.2, 0.25) is 0 Å². The topological polar surface area (TPSA) is 55.3 Å². The third kappa shape index (κ3) is 3.11. The zero-order valence-corrected chi connectivity index (χ0v) is 13.6. The van der Waals surface area contributed by atoms with Gasteiger partial charge in [0.25, 0.3) is 5.91 Å². The van der Waals surface area contributed by atoms with E-state index in [-0.39, 0.29) is 12.0 Å². The summed E-state index contributed by atoms with van der Waals surface area (Å²) in [6, 6.07) is 3.78. The van der Waals surface area contributed by atoms with Crippen LogP contribution in [0, 0.1) is 0 Å². The zero-order valence-electron chi connectivity index (χ0n) is 12.8. The standard InChI is InChI=1S/C16H19N3O2S/c1-11(2)21-15-12-5-7-19(8-6-13(12)17-10-18-15)16(20)14-4-3-9-22-14/h3-4,9-11H,5-8H2,1-2H3. The lowest BCUT2D eigenvalue weighted by molar-refractivity contribution is 0.0767. The lowest BCUT2D eigenvalue weighted by atomic mass is 10.1. The molecule has 0 aliphatic carbocycles. The van der Waals surface area contributed by atoms with E-state index >= 15 is 0 Å². The largest absolute Gasteiger partial charge is 0.475 e. The number of amides is 1. The monoisotopic (exact) mass is 317 g/mol. The van der Waals surface area contributed by atoms with Crippen LogP contribution < -0.4 is 4.74 Å². The first kappa shape index (κ1) is 15.0. The maximum absolute atomic E-state index is 12.5. The molecule has 1 amide bonds. The molecule has 0 bridgehead atoms. The second-order valence-corrected chi connectivity index (χ2v) is 6.49. The first-order valence-corrected chi connectivity index (χ1v) is 8.35. The quantitative estimate of drug-likeness (QED) is 0.873. The molecule has 0 atom stereocenters. The minimum absolute atomic E-state index is 0.0751. The predicted molar refractivity (Wildman–Crippen MR) is 85.4 cm³/mol. The smallest absolute Gasteiger partial charge is 0.263 e. The van der Waals surface area contributed by atoms with Crippen molar-refractivity contribution in [1.29, 1.82) is 0 Å². The maximum atomic E-state index is 12.5. The summed E-state index contributed by atoms with van der Waals surface area (Å²) < 4.78 is 5.78. The Morgan fingerprint density at radius 2 is 2.14 bits per heavy atom. The summed E-state index contributed by atoms with van der Waals surface area (Å²) in [7, 11) is 0. The highest BCUT2D eigenvalue weighted by molar-refractivity contribution is 7.12. The fraction of sp³-hybridized carbons (Fsp3) is 0.438. The van der Waals surface area contributed by atoms with Crippen LogP contribution in [0.25, 0.3) is 0 Å². The third-order valence-corrected chi connectivity index (χ3v) is 4.47. The summed E-state index contributed by atoms with van der Waals surface area (Å²) in [6.45, 7) is 5.32. The van der Waals surface area contributed by atoms with Crippen LogP contribution in [0.5, 0.6) is 5.88 Å². The van der Waals surface area contributed by atoms with Crippen molar-refractivity contribution in [2.45, 2.75) is 32.8 Å². The predicted octanol–water partition coefficient (Wildman–Crippen LogP) is 2.57. The number of hydrogen-bond donors (Lipinski definition) is 0. The van der Waals surface area contributed by atoms with Gasteiger partial charge in [-0.05, 0) is 31.7 Å². The van der Waals surface area contributed by atoms with E-state index in [4.69, 9.17) is 4.74 Å². The van der Waals surface area contributed by atoms with Gasteiger partial charge in [0.05, 0.1) is 16.7 Å². The van der Waals surface area contributed by atoms with E-state index in [0.717, 1.165) is 29.0 Å². The van der Waals surface area contributed by atoms with Gasteiger partial charge in [-0.3, -0.25) is 4.79 Å². The molecule has 3 rings (SSSR count). The molecular formula is C16H19N3O2S. The highest BCUT2D eigenvalue weighted by atomic mass is 32.1. The lowest BCUT2D eigenvalue weighted by Crippen LogP contribution is -2.32. The van der Waals surface area contributed by atoms with Crippen molar-refractivity contribution < 1.29 is 9.53 Å². The van der Waals surface area contributed by atoms with Gasteiger partial charge in [-0.2, -0.15) is 0 Å². The maximum Gasteiger partial charge on any atom is 0.263 e. The van der Waals surface area contributed by atoms with Gasteiger partial charge < -0.3 is 9.64 Å². The molecule has 1 aliphatic rings. The molecule has 0 N–H and O–H groups in total. The number of carbonyl (C=O) groups excluding carboxylic acids is 1. The normalized spacial score (nSPS) is 14.6. The number of nitrogens with zero attached hydrogens (tertiary/aromatic N) is 3. The number of ether oxygens (including phenoxy) is 1. The fourth-order valence-corrected chi connectivity index (χ4v) is 3.27. The van der Waals surface area contributed by atoms with Crippen LogP contribution in [0.15, 0.2) is 23.8 Å². The zero-order chi connectivity index (χ0) is 15.5. The summed E-state index contributed by atoms with van der Waals surface area (Å²) in [5, 5.41) is 1.93. The van der Waals surface area contributed by atoms with Gasteiger partial charge in [0.1, 0.15) is 6.33 Å². The summed E-state index contributed by atoms with van der Waals surface area (Å²) in [5.41, 5.74) is 2.03. The van der Waals surface area contributed by atoms with Crippen molar-refractivity contribution >= 4 is 17.2 Å². The first-order valence-electron chi connectivity index (χ1n) is 7.47. The molecular weight excluding hydrogens is 298 g/mol. The van der Waals surface area contributed by atoms with E-state index in [2.05, 4.69) is 9.97 Å². The molecule has 0 unspecified atom stereocenters. The Bertz CT molecular complexity index is 655. The van der Waals surface area contributed by atoms with Crippen LogP contribution in [-0.4, -0.2) is 40.0 Å². The minimum Gasteiger partial charge on any atom is -0.475 e. The van der Waals surface area contributed by atoms with E-state index in [0.29, 0.717) is 19.0 Å². The molecule has 2 aromatic rings. The molecule has 1 aliphatic heterocycles. The van der Waals surface area contributed by atoms with E-state index in [1.54, 1.807) is 6.33 Å².